The van der Waals surface area contributed by atoms with E-state index < -0.39 is 33.8 Å². The first-order valence-corrected chi connectivity index (χ1v) is 6.22. The molecule has 1 aromatic rings. The Bertz CT molecular complexity index is 562. The van der Waals surface area contributed by atoms with E-state index in [0.29, 0.717) is 25.8 Å². The van der Waals surface area contributed by atoms with Crippen LogP contribution in [0.3, 0.4) is 0 Å². The van der Waals surface area contributed by atoms with Crippen molar-refractivity contribution in [2.45, 2.75) is 12.5 Å². The van der Waals surface area contributed by atoms with Gasteiger partial charge in [0.15, 0.2) is 17.3 Å². The van der Waals surface area contributed by atoms with Crippen molar-refractivity contribution in [1.82, 2.24) is 5.32 Å². The van der Waals surface area contributed by atoms with Crippen LogP contribution in [0.1, 0.15) is 6.42 Å². The molecular weight excluding hydrogens is 288 g/mol. The van der Waals surface area contributed by atoms with Crippen molar-refractivity contribution in [3.63, 3.8) is 0 Å². The van der Waals surface area contributed by atoms with E-state index in [1.54, 1.807) is 0 Å². The van der Waals surface area contributed by atoms with Gasteiger partial charge in [0.05, 0.1) is 18.1 Å². The van der Waals surface area contributed by atoms with Gasteiger partial charge in [-0.3, -0.25) is 14.9 Å². The van der Waals surface area contributed by atoms with Gasteiger partial charge >= 0.3 is 0 Å². The van der Waals surface area contributed by atoms with Gasteiger partial charge in [0.1, 0.15) is 0 Å². The third kappa shape index (κ3) is 3.70. The van der Waals surface area contributed by atoms with Gasteiger partial charge < -0.3 is 15.4 Å². The largest absolute Gasteiger partial charge is 0.378 e. The van der Waals surface area contributed by atoms with Crippen LogP contribution in [0.4, 0.5) is 20.2 Å². The Hall–Kier alpha value is -2.13. The molecule has 2 N–H and O–H groups in total. The number of nitro groups is 1. The van der Waals surface area contributed by atoms with Crippen molar-refractivity contribution in [3.05, 3.63) is 33.9 Å². The summed E-state index contributed by atoms with van der Waals surface area (Å²) in [5, 5.41) is 15.9. The minimum atomic E-state index is -1.45. The van der Waals surface area contributed by atoms with Gasteiger partial charge in [-0.05, 0) is 6.07 Å². The number of hydrogen-bond donors (Lipinski definition) is 2. The van der Waals surface area contributed by atoms with E-state index in [0.717, 1.165) is 6.07 Å². The maximum absolute atomic E-state index is 13.6. The van der Waals surface area contributed by atoms with Crippen LogP contribution in [-0.2, 0) is 9.53 Å². The molecular formula is C12H13F2N3O4. The van der Waals surface area contributed by atoms with Gasteiger partial charge in [-0.1, -0.05) is 0 Å². The molecule has 114 valence electrons. The fraction of sp³-hybridized carbons (Fsp3) is 0.417. The van der Waals surface area contributed by atoms with Crippen LogP contribution in [0, 0.1) is 21.7 Å². The molecule has 1 heterocycles. The van der Waals surface area contributed by atoms with Crippen LogP contribution in [0.25, 0.3) is 0 Å². The number of morpholine rings is 1. The molecule has 0 aliphatic carbocycles. The molecule has 2 rings (SSSR count). The topological polar surface area (TPSA) is 93.5 Å². The lowest BCUT2D eigenvalue weighted by atomic mass is 10.1. The molecule has 1 aliphatic heterocycles. The quantitative estimate of drug-likeness (QED) is 0.643. The highest BCUT2D eigenvalue weighted by Crippen LogP contribution is 2.29. The third-order valence-corrected chi connectivity index (χ3v) is 2.96. The number of carbonyl (C=O) groups is 1. The first kappa shape index (κ1) is 15.3. The average molecular weight is 301 g/mol. The molecule has 1 amide bonds. The molecule has 1 aliphatic rings. The lowest BCUT2D eigenvalue weighted by Gasteiger charge is -2.23. The zero-order valence-electron chi connectivity index (χ0n) is 10.9. The van der Waals surface area contributed by atoms with E-state index >= 15 is 0 Å². The van der Waals surface area contributed by atoms with Crippen LogP contribution in [0.15, 0.2) is 12.1 Å². The Morgan fingerprint density at radius 2 is 2.29 bits per heavy atom. The summed E-state index contributed by atoms with van der Waals surface area (Å²) >= 11 is 0. The fourth-order valence-corrected chi connectivity index (χ4v) is 1.98. The van der Waals surface area contributed by atoms with Gasteiger partial charge in [-0.2, -0.15) is 0 Å². The maximum atomic E-state index is 13.6. The first-order chi connectivity index (χ1) is 9.99. The van der Waals surface area contributed by atoms with Crippen molar-refractivity contribution in [1.29, 1.82) is 0 Å². The number of benzene rings is 1. The molecule has 1 unspecified atom stereocenters. The number of hydrogen-bond acceptors (Lipinski definition) is 5. The number of anilines is 1. The molecule has 0 saturated carbocycles. The van der Waals surface area contributed by atoms with Crippen LogP contribution >= 0.6 is 0 Å². The van der Waals surface area contributed by atoms with E-state index in [4.69, 9.17) is 4.74 Å². The van der Waals surface area contributed by atoms with Gasteiger partial charge in [-0.25, -0.2) is 8.78 Å². The Morgan fingerprint density at radius 1 is 1.52 bits per heavy atom. The maximum Gasteiger partial charge on any atom is 0.296 e. The summed E-state index contributed by atoms with van der Waals surface area (Å²) in [7, 11) is 0. The van der Waals surface area contributed by atoms with Crippen molar-refractivity contribution in [2.24, 2.45) is 0 Å². The zero-order chi connectivity index (χ0) is 15.4. The predicted molar refractivity (Wildman–Crippen MR) is 68.9 cm³/mol. The van der Waals surface area contributed by atoms with Crippen molar-refractivity contribution < 1.29 is 23.2 Å². The second-order valence-electron chi connectivity index (χ2n) is 4.49. The van der Waals surface area contributed by atoms with E-state index in [2.05, 4.69) is 10.6 Å². The van der Waals surface area contributed by atoms with E-state index in [1.807, 2.05) is 0 Å². The van der Waals surface area contributed by atoms with Crippen molar-refractivity contribution in [2.75, 3.05) is 25.1 Å². The molecule has 1 atom stereocenters. The Balaban J connectivity index is 2.12. The Kier molecular flexibility index (Phi) is 4.76. The number of ether oxygens (including phenoxy) is 1. The van der Waals surface area contributed by atoms with Crippen molar-refractivity contribution >= 4 is 17.3 Å². The van der Waals surface area contributed by atoms with Gasteiger partial charge in [0.2, 0.25) is 5.91 Å². The number of nitrogens with zero attached hydrogens (tertiary/aromatic N) is 1. The second kappa shape index (κ2) is 6.55. The summed E-state index contributed by atoms with van der Waals surface area (Å²) in [5.41, 5.74) is -1.46. The molecule has 0 aromatic heterocycles. The second-order valence-corrected chi connectivity index (χ2v) is 4.49. The number of rotatable bonds is 4. The summed E-state index contributed by atoms with van der Waals surface area (Å²) in [6.45, 7) is 1.41. The number of halogens is 2. The molecule has 1 saturated heterocycles. The molecule has 0 spiro atoms. The highest BCUT2D eigenvalue weighted by molar-refractivity contribution is 5.93. The molecule has 0 bridgehead atoms. The minimum absolute atomic E-state index is 0.0624. The van der Waals surface area contributed by atoms with Gasteiger partial charge in [0.25, 0.3) is 5.69 Å². The Labute approximate surface area is 118 Å². The molecule has 0 radical (unpaired) electrons. The van der Waals surface area contributed by atoms with Crippen molar-refractivity contribution in [3.8, 4) is 0 Å². The number of amides is 1. The average Bonchev–Trinajstić information content (AvgIpc) is 2.44. The summed E-state index contributed by atoms with van der Waals surface area (Å²) in [4.78, 5) is 21.7. The molecule has 21 heavy (non-hydrogen) atoms. The Morgan fingerprint density at radius 3 is 2.90 bits per heavy atom. The lowest BCUT2D eigenvalue weighted by molar-refractivity contribution is -0.384. The predicted octanol–water partition coefficient (Wildman–Crippen LogP) is 1.19. The fourth-order valence-electron chi connectivity index (χ4n) is 1.98. The molecule has 1 aromatic carbocycles. The highest BCUT2D eigenvalue weighted by Gasteiger charge is 2.25. The SMILES string of the molecule is O=C(CC1COCCN1)Nc1c([N+](=O)[O-])ccc(F)c1F. The van der Waals surface area contributed by atoms with E-state index in [1.165, 1.54) is 0 Å². The summed E-state index contributed by atoms with van der Waals surface area (Å²) in [6.07, 6.45) is -0.0624. The summed E-state index contributed by atoms with van der Waals surface area (Å²) < 4.78 is 31.9. The van der Waals surface area contributed by atoms with E-state index in [-0.39, 0.29) is 12.5 Å². The van der Waals surface area contributed by atoms with Crippen LogP contribution < -0.4 is 10.6 Å². The summed E-state index contributed by atoms with van der Waals surface area (Å²) in [6, 6.07) is 1.17. The molecule has 7 nitrogen and oxygen atoms in total. The summed E-state index contributed by atoms with van der Waals surface area (Å²) in [5.74, 6) is -3.38. The molecule has 9 heteroatoms. The minimum Gasteiger partial charge on any atom is -0.378 e. The van der Waals surface area contributed by atoms with E-state index in [9.17, 15) is 23.7 Å². The first-order valence-electron chi connectivity index (χ1n) is 6.22. The normalized spacial score (nSPS) is 18.3. The monoisotopic (exact) mass is 301 g/mol. The third-order valence-electron chi connectivity index (χ3n) is 2.96. The van der Waals surface area contributed by atoms with Gasteiger partial charge in [0, 0.05) is 25.1 Å². The molecule has 1 fully saturated rings. The van der Waals surface area contributed by atoms with Crippen LogP contribution in [0.5, 0.6) is 0 Å². The standard InChI is InChI=1S/C12H13F2N3O4/c13-8-1-2-9(17(19)20)12(11(8)14)16-10(18)5-7-6-21-4-3-15-7/h1-2,7,15H,3-6H2,(H,16,18). The van der Waals surface area contributed by atoms with Crippen LogP contribution in [-0.4, -0.2) is 36.6 Å². The smallest absolute Gasteiger partial charge is 0.296 e. The lowest BCUT2D eigenvalue weighted by Crippen LogP contribution is -2.43. The number of nitrogens with one attached hydrogen (secondary N) is 2. The van der Waals surface area contributed by atoms with Gasteiger partial charge in [-0.15, -0.1) is 0 Å². The zero-order valence-corrected chi connectivity index (χ0v) is 10.9. The number of nitro benzene ring substituents is 1. The number of carbonyl (C=O) groups excluding carboxylic acids is 1. The highest BCUT2D eigenvalue weighted by atomic mass is 19.2. The van der Waals surface area contributed by atoms with Crippen LogP contribution in [0.2, 0.25) is 0 Å².